The van der Waals surface area contributed by atoms with Crippen molar-refractivity contribution in [1.29, 1.82) is 0 Å². The summed E-state index contributed by atoms with van der Waals surface area (Å²) in [6, 6.07) is 0. The van der Waals surface area contributed by atoms with E-state index in [1.165, 1.54) is 0 Å². The van der Waals surface area contributed by atoms with Crippen LogP contribution in [0.2, 0.25) is 58.9 Å². The second kappa shape index (κ2) is 3.75. The van der Waals surface area contributed by atoms with Gasteiger partial charge >= 0.3 is 0 Å². The highest BCUT2D eigenvalue weighted by molar-refractivity contribution is 7.22. The lowest BCUT2D eigenvalue weighted by atomic mass is 11.6. The third-order valence-electron chi connectivity index (χ3n) is 3.10. The molecular formula is C10H27ClSi3. The van der Waals surface area contributed by atoms with Crippen LogP contribution in [-0.2, 0) is 0 Å². The maximum absolute atomic E-state index is 7.15. The van der Waals surface area contributed by atoms with Gasteiger partial charge < -0.3 is 0 Å². The number of hydrogen-bond donors (Lipinski definition) is 0. The van der Waals surface area contributed by atoms with Crippen molar-refractivity contribution in [2.45, 2.75) is 62.7 Å². The minimum atomic E-state index is -1.29. The number of halogens is 1. The first-order valence-corrected chi connectivity index (χ1v) is 16.3. The molecule has 0 unspecified atom stereocenters. The van der Waals surface area contributed by atoms with Crippen LogP contribution in [0.1, 0.15) is 0 Å². The molecule has 0 N–H and O–H groups in total. The molecule has 0 spiro atoms. The van der Waals surface area contributed by atoms with Crippen LogP contribution in [0.15, 0.2) is 0 Å². The summed E-state index contributed by atoms with van der Waals surface area (Å²) in [6.07, 6.45) is 0. The topological polar surface area (TPSA) is 0 Å². The Morgan fingerprint density at radius 3 is 0.714 bits per heavy atom. The van der Waals surface area contributed by atoms with Gasteiger partial charge in [0.2, 0.25) is 0 Å². The zero-order valence-corrected chi connectivity index (χ0v) is 15.1. The molecule has 0 nitrogen and oxygen atoms in total. The predicted molar refractivity (Wildman–Crippen MR) is 78.6 cm³/mol. The molecule has 0 rings (SSSR count). The third kappa shape index (κ3) is 2.36. The second-order valence-electron chi connectivity index (χ2n) is 7.41. The molecular weight excluding hydrogens is 240 g/mol. The highest BCUT2D eigenvalue weighted by atomic mass is 35.5. The molecule has 0 saturated carbocycles. The zero-order chi connectivity index (χ0) is 12.0. The van der Waals surface area contributed by atoms with E-state index in [9.17, 15) is 0 Å². The largest absolute Gasteiger partial charge is 0.130 e. The van der Waals surface area contributed by atoms with Crippen LogP contribution in [0.4, 0.5) is 0 Å². The van der Waals surface area contributed by atoms with E-state index in [0.717, 1.165) is 0 Å². The van der Waals surface area contributed by atoms with Crippen LogP contribution < -0.4 is 0 Å². The minimum Gasteiger partial charge on any atom is -0.130 e. The van der Waals surface area contributed by atoms with Gasteiger partial charge in [0.1, 0.15) is 0 Å². The third-order valence-corrected chi connectivity index (χ3v) is 27.9. The Morgan fingerprint density at radius 1 is 0.571 bits per heavy atom. The van der Waals surface area contributed by atoms with E-state index < -0.39 is 24.2 Å². The summed E-state index contributed by atoms with van der Waals surface area (Å²) < 4.78 is 0.201. The molecule has 0 heterocycles. The average Bonchev–Trinajstić information content (AvgIpc) is 1.77. The molecule has 86 valence electrons. The van der Waals surface area contributed by atoms with Crippen LogP contribution in [-0.4, -0.2) is 28.0 Å². The Labute approximate surface area is 98.5 Å². The first kappa shape index (κ1) is 14.9. The summed E-state index contributed by atoms with van der Waals surface area (Å²) in [6.45, 7) is 22.0. The minimum absolute atomic E-state index is 0.201. The molecule has 0 aromatic heterocycles. The molecule has 0 aliphatic carbocycles. The molecule has 4 heteroatoms. The van der Waals surface area contributed by atoms with Crippen LogP contribution in [0.5, 0.6) is 0 Å². The maximum Gasteiger partial charge on any atom is 0.0617 e. The molecule has 0 bridgehead atoms. The standard InChI is InChI=1S/C10H27ClSi3/c1-12(2,3)10(11,13(4,5)6)14(7,8)9/h1-9H3. The SMILES string of the molecule is C[Si](C)(C)C(Cl)([Si](C)(C)C)[Si](C)(C)C. The molecule has 0 aromatic carbocycles. The Bertz CT molecular complexity index is 169. The molecule has 0 saturated heterocycles. The smallest absolute Gasteiger partial charge is 0.0617 e. The van der Waals surface area contributed by atoms with Gasteiger partial charge in [0, 0.05) is 3.74 Å². The highest BCUT2D eigenvalue weighted by Gasteiger charge is 2.58. The fourth-order valence-electron chi connectivity index (χ4n) is 3.38. The van der Waals surface area contributed by atoms with Crippen LogP contribution in [0.3, 0.4) is 0 Å². The first-order valence-electron chi connectivity index (χ1n) is 5.44. The lowest BCUT2D eigenvalue weighted by Gasteiger charge is -2.54. The van der Waals surface area contributed by atoms with Gasteiger partial charge in [-0.1, -0.05) is 58.9 Å². The Balaban J connectivity index is 5.54. The van der Waals surface area contributed by atoms with Gasteiger partial charge in [0.05, 0.1) is 24.2 Å². The van der Waals surface area contributed by atoms with E-state index in [-0.39, 0.29) is 3.74 Å². The van der Waals surface area contributed by atoms with Crippen molar-refractivity contribution in [2.24, 2.45) is 0 Å². The van der Waals surface area contributed by atoms with E-state index in [1.807, 2.05) is 0 Å². The Morgan fingerprint density at radius 2 is 0.714 bits per heavy atom. The molecule has 0 fully saturated rings. The molecule has 14 heavy (non-hydrogen) atoms. The Hall–Kier alpha value is 0.941. The van der Waals surface area contributed by atoms with E-state index >= 15 is 0 Å². The molecule has 0 atom stereocenters. The lowest BCUT2D eigenvalue weighted by Crippen LogP contribution is -2.73. The van der Waals surface area contributed by atoms with E-state index in [1.54, 1.807) is 0 Å². The summed E-state index contributed by atoms with van der Waals surface area (Å²) in [5, 5.41) is 0. The Kier molecular flexibility index (Phi) is 4.01. The molecule has 0 aromatic rings. The molecule has 0 amide bonds. The van der Waals surface area contributed by atoms with E-state index in [4.69, 9.17) is 11.6 Å². The number of hydrogen-bond acceptors (Lipinski definition) is 0. The quantitative estimate of drug-likeness (QED) is 0.518. The zero-order valence-electron chi connectivity index (χ0n) is 11.4. The number of alkyl halides is 1. The van der Waals surface area contributed by atoms with Crippen LogP contribution >= 0.6 is 11.6 Å². The van der Waals surface area contributed by atoms with Crippen molar-refractivity contribution < 1.29 is 0 Å². The normalized spacial score (nSPS) is 15.9. The lowest BCUT2D eigenvalue weighted by molar-refractivity contribution is 1.26. The average molecular weight is 267 g/mol. The highest BCUT2D eigenvalue weighted by Crippen LogP contribution is 2.44. The van der Waals surface area contributed by atoms with Crippen molar-refractivity contribution in [3.05, 3.63) is 0 Å². The maximum atomic E-state index is 7.15. The van der Waals surface area contributed by atoms with Gasteiger partial charge in [-0.25, -0.2) is 0 Å². The summed E-state index contributed by atoms with van der Waals surface area (Å²) in [4.78, 5) is 0. The fourth-order valence-corrected chi connectivity index (χ4v) is 30.4. The van der Waals surface area contributed by atoms with Crippen LogP contribution in [0.25, 0.3) is 0 Å². The van der Waals surface area contributed by atoms with Gasteiger partial charge in [-0.15, -0.1) is 11.6 Å². The summed E-state index contributed by atoms with van der Waals surface area (Å²) >= 11 is 7.15. The summed E-state index contributed by atoms with van der Waals surface area (Å²) in [7, 11) is -3.88. The van der Waals surface area contributed by atoms with Gasteiger partial charge in [0.15, 0.2) is 0 Å². The van der Waals surface area contributed by atoms with Crippen molar-refractivity contribution in [1.82, 2.24) is 0 Å². The monoisotopic (exact) mass is 266 g/mol. The van der Waals surface area contributed by atoms with E-state index in [2.05, 4.69) is 58.9 Å². The second-order valence-corrected chi connectivity index (χ2v) is 26.2. The van der Waals surface area contributed by atoms with Crippen molar-refractivity contribution in [2.75, 3.05) is 0 Å². The van der Waals surface area contributed by atoms with Gasteiger partial charge in [0.25, 0.3) is 0 Å². The molecule has 0 aliphatic heterocycles. The number of rotatable bonds is 3. The summed E-state index contributed by atoms with van der Waals surface area (Å²) in [5.41, 5.74) is 0. The van der Waals surface area contributed by atoms with Gasteiger partial charge in [-0.3, -0.25) is 0 Å². The summed E-state index contributed by atoms with van der Waals surface area (Å²) in [5.74, 6) is 0. The fraction of sp³-hybridized carbons (Fsp3) is 1.00. The van der Waals surface area contributed by atoms with Crippen LogP contribution in [0, 0.1) is 0 Å². The van der Waals surface area contributed by atoms with Crippen molar-refractivity contribution >= 4 is 35.8 Å². The van der Waals surface area contributed by atoms with Crippen molar-refractivity contribution in [3.63, 3.8) is 0 Å². The van der Waals surface area contributed by atoms with E-state index in [0.29, 0.717) is 0 Å². The molecule has 0 radical (unpaired) electrons. The molecule has 0 aliphatic rings. The predicted octanol–water partition coefficient (Wildman–Crippen LogP) is 4.60. The van der Waals surface area contributed by atoms with Gasteiger partial charge in [-0.2, -0.15) is 0 Å². The first-order chi connectivity index (χ1) is 5.75. The van der Waals surface area contributed by atoms with Crippen molar-refractivity contribution in [3.8, 4) is 0 Å². The van der Waals surface area contributed by atoms with Gasteiger partial charge in [-0.05, 0) is 0 Å².